The van der Waals surface area contributed by atoms with Crippen LogP contribution in [0.25, 0.3) is 11.4 Å². The first kappa shape index (κ1) is 10.5. The van der Waals surface area contributed by atoms with E-state index in [9.17, 15) is 0 Å². The Bertz CT molecular complexity index is 608. The molecule has 0 bridgehead atoms. The number of fused-ring (bicyclic) bond motifs is 3. The molecule has 0 amide bonds. The largest absolute Gasteiger partial charge is 0.489 e. The quantitative estimate of drug-likeness (QED) is 0.812. The summed E-state index contributed by atoms with van der Waals surface area (Å²) >= 11 is 3.53. The lowest BCUT2D eigenvalue weighted by Crippen LogP contribution is -2.19. The summed E-state index contributed by atoms with van der Waals surface area (Å²) in [6, 6.07) is 6.21. The Morgan fingerprint density at radius 2 is 2.22 bits per heavy atom. The van der Waals surface area contributed by atoms with Crippen LogP contribution in [0.2, 0.25) is 0 Å². The Morgan fingerprint density at radius 3 is 3.06 bits per heavy atom. The van der Waals surface area contributed by atoms with Gasteiger partial charge < -0.3 is 4.74 Å². The minimum Gasteiger partial charge on any atom is -0.489 e. The molecule has 5 nitrogen and oxygen atoms in total. The zero-order valence-corrected chi connectivity index (χ0v) is 11.2. The summed E-state index contributed by atoms with van der Waals surface area (Å²) in [6.45, 7) is 0.637. The van der Waals surface area contributed by atoms with Crippen molar-refractivity contribution in [2.24, 2.45) is 5.92 Å². The molecule has 6 heteroatoms. The highest BCUT2D eigenvalue weighted by atomic mass is 79.9. The van der Waals surface area contributed by atoms with Gasteiger partial charge in [0.2, 0.25) is 0 Å². The maximum absolute atomic E-state index is 5.96. The standard InChI is InChI=1S/C12H11BrN4O/c13-9-3-1-2-8-11(9)18-6-10(7-4-5-7)17-12(8)14-15-16-17/h1-3,7,10H,4-6H2/t10-/m0/s1. The Balaban J connectivity index is 1.91. The lowest BCUT2D eigenvalue weighted by atomic mass is 10.2. The van der Waals surface area contributed by atoms with Crippen LogP contribution in [0.4, 0.5) is 0 Å². The van der Waals surface area contributed by atoms with Gasteiger partial charge in [-0.05, 0) is 57.2 Å². The average molecular weight is 307 g/mol. The average Bonchev–Trinajstić information content (AvgIpc) is 3.11. The number of aromatic nitrogens is 4. The number of hydrogen-bond donors (Lipinski definition) is 0. The van der Waals surface area contributed by atoms with E-state index in [1.54, 1.807) is 0 Å². The van der Waals surface area contributed by atoms with Crippen molar-refractivity contribution in [1.82, 2.24) is 20.2 Å². The molecule has 2 aliphatic rings. The molecule has 1 aliphatic heterocycles. The zero-order valence-electron chi connectivity index (χ0n) is 9.58. The highest BCUT2D eigenvalue weighted by Crippen LogP contribution is 2.45. The van der Waals surface area contributed by atoms with Gasteiger partial charge in [-0.15, -0.1) is 5.10 Å². The van der Waals surface area contributed by atoms with Crippen molar-refractivity contribution in [2.45, 2.75) is 18.9 Å². The minimum atomic E-state index is 0.259. The third-order valence-corrected chi connectivity index (χ3v) is 4.20. The first-order valence-electron chi connectivity index (χ1n) is 6.04. The van der Waals surface area contributed by atoms with Crippen LogP contribution in [0.5, 0.6) is 5.75 Å². The number of halogens is 1. The van der Waals surface area contributed by atoms with Gasteiger partial charge >= 0.3 is 0 Å². The van der Waals surface area contributed by atoms with Gasteiger partial charge in [0, 0.05) is 0 Å². The zero-order chi connectivity index (χ0) is 12.1. The number of hydrogen-bond acceptors (Lipinski definition) is 4. The fourth-order valence-corrected chi connectivity index (χ4v) is 2.96. The first-order chi connectivity index (χ1) is 8.84. The second-order valence-corrected chi connectivity index (χ2v) is 5.63. The maximum Gasteiger partial charge on any atom is 0.186 e. The first-order valence-corrected chi connectivity index (χ1v) is 6.83. The van der Waals surface area contributed by atoms with Crippen molar-refractivity contribution in [3.05, 3.63) is 22.7 Å². The van der Waals surface area contributed by atoms with Gasteiger partial charge in [0.1, 0.15) is 12.4 Å². The molecular weight excluding hydrogens is 296 g/mol. The van der Waals surface area contributed by atoms with Crippen LogP contribution < -0.4 is 4.74 Å². The number of para-hydroxylation sites is 1. The summed E-state index contributed by atoms with van der Waals surface area (Å²) in [4.78, 5) is 0. The second-order valence-electron chi connectivity index (χ2n) is 4.78. The van der Waals surface area contributed by atoms with E-state index in [1.165, 1.54) is 12.8 Å². The highest BCUT2D eigenvalue weighted by molar-refractivity contribution is 9.10. The molecule has 0 N–H and O–H groups in total. The molecule has 18 heavy (non-hydrogen) atoms. The van der Waals surface area contributed by atoms with Gasteiger partial charge in [-0.1, -0.05) is 6.07 Å². The predicted octanol–water partition coefficient (Wildman–Crippen LogP) is 2.45. The minimum absolute atomic E-state index is 0.259. The molecule has 92 valence electrons. The molecule has 1 saturated carbocycles. The molecule has 1 aromatic carbocycles. The third-order valence-electron chi connectivity index (χ3n) is 3.58. The van der Waals surface area contributed by atoms with Crippen LogP contribution in [-0.4, -0.2) is 26.8 Å². The summed E-state index contributed by atoms with van der Waals surface area (Å²) in [5, 5.41) is 12.1. The Morgan fingerprint density at radius 1 is 1.33 bits per heavy atom. The number of nitrogens with zero attached hydrogens (tertiary/aromatic N) is 4. The normalized spacial score (nSPS) is 21.7. The molecule has 0 unspecified atom stereocenters. The summed E-state index contributed by atoms with van der Waals surface area (Å²) in [7, 11) is 0. The van der Waals surface area contributed by atoms with Gasteiger partial charge in [0.15, 0.2) is 5.82 Å². The summed E-state index contributed by atoms with van der Waals surface area (Å²) < 4.78 is 8.84. The van der Waals surface area contributed by atoms with Crippen molar-refractivity contribution in [1.29, 1.82) is 0 Å². The fraction of sp³-hybridized carbons (Fsp3) is 0.417. The smallest absolute Gasteiger partial charge is 0.186 e. The van der Waals surface area contributed by atoms with Crippen LogP contribution in [0, 0.1) is 5.92 Å². The van der Waals surface area contributed by atoms with Crippen molar-refractivity contribution in [2.75, 3.05) is 6.61 Å². The molecular formula is C12H11BrN4O. The molecule has 0 saturated heterocycles. The monoisotopic (exact) mass is 306 g/mol. The van der Waals surface area contributed by atoms with Gasteiger partial charge in [0.25, 0.3) is 0 Å². The Labute approximate surface area is 112 Å². The van der Waals surface area contributed by atoms with Gasteiger partial charge in [-0.2, -0.15) is 0 Å². The topological polar surface area (TPSA) is 52.8 Å². The molecule has 2 heterocycles. The number of tetrazole rings is 1. The van der Waals surface area contributed by atoms with E-state index in [4.69, 9.17) is 4.74 Å². The van der Waals surface area contributed by atoms with Crippen LogP contribution in [-0.2, 0) is 0 Å². The SMILES string of the molecule is Brc1cccc2c1OC[C@@H](C1CC1)n1nnnc1-2. The van der Waals surface area contributed by atoms with Crippen molar-refractivity contribution in [3.8, 4) is 17.1 Å². The number of benzene rings is 1. The van der Waals surface area contributed by atoms with Crippen LogP contribution in [0.3, 0.4) is 0 Å². The van der Waals surface area contributed by atoms with Crippen molar-refractivity contribution >= 4 is 15.9 Å². The molecule has 1 atom stereocenters. The maximum atomic E-state index is 5.96. The predicted molar refractivity (Wildman–Crippen MR) is 68.2 cm³/mol. The Kier molecular flexibility index (Phi) is 2.20. The lowest BCUT2D eigenvalue weighted by molar-refractivity contribution is 0.228. The van der Waals surface area contributed by atoms with E-state index in [0.29, 0.717) is 12.5 Å². The van der Waals surface area contributed by atoms with E-state index >= 15 is 0 Å². The van der Waals surface area contributed by atoms with Gasteiger partial charge in [-0.25, -0.2) is 4.68 Å². The van der Waals surface area contributed by atoms with Crippen molar-refractivity contribution in [3.63, 3.8) is 0 Å². The van der Waals surface area contributed by atoms with E-state index in [0.717, 1.165) is 21.6 Å². The fourth-order valence-electron chi connectivity index (χ4n) is 2.48. The molecule has 0 radical (unpaired) electrons. The van der Waals surface area contributed by atoms with E-state index in [2.05, 4.69) is 31.5 Å². The molecule has 1 aliphatic carbocycles. The molecule has 4 rings (SSSR count). The van der Waals surface area contributed by atoms with Gasteiger partial charge in [-0.3, -0.25) is 0 Å². The molecule has 2 aromatic rings. The van der Waals surface area contributed by atoms with Crippen LogP contribution in [0.1, 0.15) is 18.9 Å². The number of ether oxygens (including phenoxy) is 1. The van der Waals surface area contributed by atoms with Crippen LogP contribution >= 0.6 is 15.9 Å². The van der Waals surface area contributed by atoms with E-state index < -0.39 is 0 Å². The number of rotatable bonds is 1. The second kappa shape index (κ2) is 3.78. The summed E-state index contributed by atoms with van der Waals surface area (Å²) in [6.07, 6.45) is 2.48. The summed E-state index contributed by atoms with van der Waals surface area (Å²) in [5.41, 5.74) is 0.956. The molecule has 1 fully saturated rings. The lowest BCUT2D eigenvalue weighted by Gasteiger charge is -2.14. The van der Waals surface area contributed by atoms with Crippen molar-refractivity contribution < 1.29 is 4.74 Å². The third kappa shape index (κ3) is 1.48. The molecule has 0 spiro atoms. The Hall–Kier alpha value is -1.43. The molecule has 1 aromatic heterocycles. The summed E-state index contributed by atoms with van der Waals surface area (Å²) in [5.74, 6) is 2.30. The van der Waals surface area contributed by atoms with E-state index in [1.807, 2.05) is 22.9 Å². The highest BCUT2D eigenvalue weighted by Gasteiger charge is 2.37. The van der Waals surface area contributed by atoms with Crippen LogP contribution in [0.15, 0.2) is 22.7 Å². The van der Waals surface area contributed by atoms with Gasteiger partial charge in [0.05, 0.1) is 16.1 Å². The van der Waals surface area contributed by atoms with E-state index in [-0.39, 0.29) is 6.04 Å².